The zero-order chi connectivity index (χ0) is 9.14. The van der Waals surface area contributed by atoms with E-state index in [2.05, 4.69) is 10.1 Å². The van der Waals surface area contributed by atoms with E-state index in [4.69, 9.17) is 15.0 Å². The molecule has 2 atom stereocenters. The van der Waals surface area contributed by atoms with Crippen molar-refractivity contribution >= 4 is 0 Å². The lowest BCUT2D eigenvalue weighted by atomic mass is 10.3. The topological polar surface area (TPSA) is 74.2 Å². The lowest BCUT2D eigenvalue weighted by molar-refractivity contribution is 0.0886. The number of hydrogen-bond acceptors (Lipinski definition) is 5. The molecule has 0 aromatic carbocycles. The summed E-state index contributed by atoms with van der Waals surface area (Å²) in [6.07, 6.45) is -0.176. The zero-order valence-electron chi connectivity index (χ0n) is 7.44. The monoisotopic (exact) mass is 171 g/mol. The van der Waals surface area contributed by atoms with Crippen LogP contribution in [0.4, 0.5) is 0 Å². The van der Waals surface area contributed by atoms with Crippen LogP contribution in [-0.2, 0) is 4.74 Å². The smallest absolute Gasteiger partial charge is 0.255 e. The molecule has 0 saturated carbocycles. The molecule has 0 radical (unpaired) electrons. The van der Waals surface area contributed by atoms with E-state index in [1.165, 1.54) is 0 Å². The second kappa shape index (κ2) is 3.64. The van der Waals surface area contributed by atoms with Crippen molar-refractivity contribution in [3.05, 3.63) is 11.7 Å². The van der Waals surface area contributed by atoms with Crippen molar-refractivity contribution in [1.82, 2.24) is 10.1 Å². The van der Waals surface area contributed by atoms with Crippen molar-refractivity contribution < 1.29 is 9.26 Å². The molecule has 2 N–H and O–H groups in total. The van der Waals surface area contributed by atoms with Crippen molar-refractivity contribution in [3.63, 3.8) is 0 Å². The molecule has 0 aliphatic rings. The fraction of sp³-hybridized carbons (Fsp3) is 0.714. The standard InChI is InChI=1S/C7H13N3O2/c1-4(8)6-9-7(12-10-6)5(2)11-3/h4-5H,8H2,1-3H3. The second-order valence-corrected chi connectivity index (χ2v) is 2.66. The van der Waals surface area contributed by atoms with Crippen LogP contribution in [-0.4, -0.2) is 17.3 Å². The minimum Gasteiger partial charge on any atom is -0.372 e. The Kier molecular flexibility index (Phi) is 2.78. The highest BCUT2D eigenvalue weighted by molar-refractivity contribution is 4.92. The largest absolute Gasteiger partial charge is 0.372 e. The Labute approximate surface area is 70.9 Å². The van der Waals surface area contributed by atoms with Crippen molar-refractivity contribution in [3.8, 4) is 0 Å². The minimum absolute atomic E-state index is 0.176. The Balaban J connectivity index is 2.77. The van der Waals surface area contributed by atoms with Crippen LogP contribution in [0.5, 0.6) is 0 Å². The van der Waals surface area contributed by atoms with E-state index >= 15 is 0 Å². The number of hydrogen-bond donors (Lipinski definition) is 1. The average molecular weight is 171 g/mol. The van der Waals surface area contributed by atoms with Crippen molar-refractivity contribution in [2.45, 2.75) is 26.0 Å². The summed E-state index contributed by atoms with van der Waals surface area (Å²) in [7, 11) is 1.58. The van der Waals surface area contributed by atoms with Crippen LogP contribution in [0.25, 0.3) is 0 Å². The minimum atomic E-state index is -0.202. The molecule has 0 saturated heterocycles. The molecule has 5 nitrogen and oxygen atoms in total. The molecule has 1 rings (SSSR count). The van der Waals surface area contributed by atoms with Crippen LogP contribution >= 0.6 is 0 Å². The van der Waals surface area contributed by atoms with E-state index in [1.54, 1.807) is 14.0 Å². The third-order valence-corrected chi connectivity index (χ3v) is 1.57. The molecule has 0 spiro atoms. The summed E-state index contributed by atoms with van der Waals surface area (Å²) >= 11 is 0. The molecule has 68 valence electrons. The van der Waals surface area contributed by atoms with Gasteiger partial charge in [-0.1, -0.05) is 5.16 Å². The summed E-state index contributed by atoms with van der Waals surface area (Å²) in [6.45, 7) is 3.63. The van der Waals surface area contributed by atoms with Gasteiger partial charge in [0.15, 0.2) is 5.82 Å². The molecular formula is C7H13N3O2. The summed E-state index contributed by atoms with van der Waals surface area (Å²) < 4.78 is 9.90. The maximum absolute atomic E-state index is 5.54. The van der Waals surface area contributed by atoms with E-state index in [9.17, 15) is 0 Å². The lowest BCUT2D eigenvalue weighted by Gasteiger charge is -2.00. The highest BCUT2D eigenvalue weighted by Crippen LogP contribution is 2.14. The van der Waals surface area contributed by atoms with E-state index < -0.39 is 0 Å². The molecule has 1 aromatic heterocycles. The van der Waals surface area contributed by atoms with Gasteiger partial charge in [-0.3, -0.25) is 0 Å². The number of rotatable bonds is 3. The average Bonchev–Trinajstić information content (AvgIpc) is 2.51. The molecule has 1 aromatic rings. The molecule has 0 aliphatic carbocycles. The quantitative estimate of drug-likeness (QED) is 0.728. The summed E-state index contributed by atoms with van der Waals surface area (Å²) in [5, 5.41) is 3.69. The second-order valence-electron chi connectivity index (χ2n) is 2.66. The molecule has 0 bridgehead atoms. The Morgan fingerprint density at radius 1 is 1.50 bits per heavy atom. The lowest BCUT2D eigenvalue weighted by Crippen LogP contribution is -2.07. The van der Waals surface area contributed by atoms with Crippen LogP contribution < -0.4 is 5.73 Å². The van der Waals surface area contributed by atoms with Gasteiger partial charge in [-0.2, -0.15) is 4.98 Å². The van der Waals surface area contributed by atoms with Crippen LogP contribution in [0.1, 0.15) is 37.7 Å². The zero-order valence-corrected chi connectivity index (χ0v) is 7.44. The third kappa shape index (κ3) is 1.80. The first kappa shape index (κ1) is 9.15. The van der Waals surface area contributed by atoms with Gasteiger partial charge >= 0.3 is 0 Å². The van der Waals surface area contributed by atoms with Gasteiger partial charge in [0.25, 0.3) is 5.89 Å². The number of nitrogens with zero attached hydrogens (tertiary/aromatic N) is 2. The molecule has 2 unspecified atom stereocenters. The molecule has 5 heteroatoms. The summed E-state index contributed by atoms with van der Waals surface area (Å²) in [5.74, 6) is 0.971. The molecular weight excluding hydrogens is 158 g/mol. The van der Waals surface area contributed by atoms with Gasteiger partial charge in [-0.05, 0) is 13.8 Å². The van der Waals surface area contributed by atoms with Crippen molar-refractivity contribution in [2.75, 3.05) is 7.11 Å². The van der Waals surface area contributed by atoms with Gasteiger partial charge in [0.1, 0.15) is 6.10 Å². The van der Waals surface area contributed by atoms with Crippen LogP contribution in [0.3, 0.4) is 0 Å². The Morgan fingerprint density at radius 2 is 2.17 bits per heavy atom. The Morgan fingerprint density at radius 3 is 2.58 bits per heavy atom. The molecule has 0 amide bonds. The van der Waals surface area contributed by atoms with Crippen molar-refractivity contribution in [1.29, 1.82) is 0 Å². The third-order valence-electron chi connectivity index (χ3n) is 1.57. The fourth-order valence-electron chi connectivity index (χ4n) is 0.698. The van der Waals surface area contributed by atoms with E-state index in [0.29, 0.717) is 11.7 Å². The molecule has 1 heterocycles. The number of ether oxygens (including phenoxy) is 1. The van der Waals surface area contributed by atoms with Crippen molar-refractivity contribution in [2.24, 2.45) is 5.73 Å². The van der Waals surface area contributed by atoms with Gasteiger partial charge < -0.3 is 15.0 Å². The first-order chi connectivity index (χ1) is 5.65. The Hall–Kier alpha value is -0.940. The van der Waals surface area contributed by atoms with Gasteiger partial charge in [-0.25, -0.2) is 0 Å². The highest BCUT2D eigenvalue weighted by Gasteiger charge is 2.14. The van der Waals surface area contributed by atoms with E-state index in [-0.39, 0.29) is 12.1 Å². The van der Waals surface area contributed by atoms with Crippen LogP contribution in [0, 0.1) is 0 Å². The van der Waals surface area contributed by atoms with Gasteiger partial charge in [0, 0.05) is 7.11 Å². The summed E-state index contributed by atoms with van der Waals surface area (Å²) in [6, 6.07) is -0.202. The number of aromatic nitrogens is 2. The Bertz CT molecular complexity index is 247. The van der Waals surface area contributed by atoms with Gasteiger partial charge in [0.05, 0.1) is 6.04 Å². The van der Waals surface area contributed by atoms with E-state index in [1.807, 2.05) is 6.92 Å². The predicted molar refractivity (Wildman–Crippen MR) is 42.3 cm³/mol. The fourth-order valence-corrected chi connectivity index (χ4v) is 0.698. The first-order valence-corrected chi connectivity index (χ1v) is 3.77. The highest BCUT2D eigenvalue weighted by atomic mass is 16.5. The number of nitrogens with two attached hydrogens (primary N) is 1. The molecule has 0 aliphatic heterocycles. The van der Waals surface area contributed by atoms with Crippen LogP contribution in [0.15, 0.2) is 4.52 Å². The summed E-state index contributed by atoms with van der Waals surface area (Å²) in [5.41, 5.74) is 5.54. The maximum atomic E-state index is 5.54. The van der Waals surface area contributed by atoms with Crippen LogP contribution in [0.2, 0.25) is 0 Å². The molecule has 0 fully saturated rings. The summed E-state index contributed by atoms with van der Waals surface area (Å²) in [4.78, 5) is 4.05. The molecule has 12 heavy (non-hydrogen) atoms. The van der Waals surface area contributed by atoms with E-state index in [0.717, 1.165) is 0 Å². The maximum Gasteiger partial charge on any atom is 0.255 e. The normalized spacial score (nSPS) is 16.0. The SMILES string of the molecule is COC(C)c1nc(C(C)N)no1. The van der Waals surface area contributed by atoms with Gasteiger partial charge in [-0.15, -0.1) is 0 Å². The number of methoxy groups -OCH3 is 1. The predicted octanol–water partition coefficient (Wildman–Crippen LogP) is 0.797. The first-order valence-electron chi connectivity index (χ1n) is 3.77. The van der Waals surface area contributed by atoms with Gasteiger partial charge in [0.2, 0.25) is 0 Å².